The molecule has 0 aliphatic heterocycles. The van der Waals surface area contributed by atoms with Crippen LogP contribution in [0.5, 0.6) is 0 Å². The van der Waals surface area contributed by atoms with E-state index in [1.807, 2.05) is 37.5 Å². The molecule has 2 heterocycles. The van der Waals surface area contributed by atoms with Crippen LogP contribution >= 0.6 is 11.6 Å². The van der Waals surface area contributed by atoms with E-state index in [4.69, 9.17) is 16.0 Å². The van der Waals surface area contributed by atoms with Gasteiger partial charge >= 0.3 is 0 Å². The molecule has 0 radical (unpaired) electrons. The molecule has 0 bridgehead atoms. The van der Waals surface area contributed by atoms with Crippen LogP contribution in [0.4, 0.5) is 4.39 Å². The third-order valence-corrected chi connectivity index (χ3v) is 3.79. The molecule has 2 atom stereocenters. The number of hydrogen-bond donors (Lipinski definition) is 0. The van der Waals surface area contributed by atoms with Crippen molar-refractivity contribution in [3.63, 3.8) is 0 Å². The van der Waals surface area contributed by atoms with Crippen LogP contribution in [0.3, 0.4) is 0 Å². The van der Waals surface area contributed by atoms with Gasteiger partial charge in [-0.1, -0.05) is 0 Å². The Morgan fingerprint density at radius 1 is 1.24 bits per heavy atom. The first kappa shape index (κ1) is 14.1. The number of alkyl halides is 1. The van der Waals surface area contributed by atoms with Crippen molar-refractivity contribution in [2.75, 3.05) is 0 Å². The van der Waals surface area contributed by atoms with Gasteiger partial charge in [-0.2, -0.15) is 0 Å². The second-order valence-corrected chi connectivity index (χ2v) is 5.87. The molecule has 3 aromatic rings. The summed E-state index contributed by atoms with van der Waals surface area (Å²) in [5, 5.41) is -0.279. The van der Waals surface area contributed by atoms with E-state index >= 15 is 0 Å². The minimum Gasteiger partial charge on any atom is -0.464 e. The molecule has 3 nitrogen and oxygen atoms in total. The highest BCUT2D eigenvalue weighted by molar-refractivity contribution is 6.20. The number of hydrogen-bond acceptors (Lipinski definition) is 2. The van der Waals surface area contributed by atoms with E-state index in [0.717, 1.165) is 17.0 Å². The van der Waals surface area contributed by atoms with Crippen molar-refractivity contribution < 1.29 is 8.81 Å². The lowest BCUT2D eigenvalue weighted by Gasteiger charge is -2.16. The maximum absolute atomic E-state index is 13.4. The Morgan fingerprint density at radius 3 is 2.62 bits per heavy atom. The number of benzene rings is 1. The van der Waals surface area contributed by atoms with Crippen molar-refractivity contribution in [1.82, 2.24) is 9.55 Å². The van der Waals surface area contributed by atoms with Gasteiger partial charge in [-0.15, -0.1) is 11.6 Å². The summed E-state index contributed by atoms with van der Waals surface area (Å²) in [6, 6.07) is 8.39. The summed E-state index contributed by atoms with van der Waals surface area (Å²) in [5.74, 6) is 2.09. The lowest BCUT2D eigenvalue weighted by Crippen LogP contribution is -2.10. The topological polar surface area (TPSA) is 31.0 Å². The van der Waals surface area contributed by atoms with Gasteiger partial charge in [-0.05, 0) is 45.0 Å². The summed E-state index contributed by atoms with van der Waals surface area (Å²) >= 11 is 6.25. The molecule has 2 unspecified atom stereocenters. The van der Waals surface area contributed by atoms with Crippen molar-refractivity contribution in [1.29, 1.82) is 0 Å². The van der Waals surface area contributed by atoms with Crippen molar-refractivity contribution in [2.45, 2.75) is 32.2 Å². The fraction of sp³-hybridized carbons (Fsp3) is 0.312. The molecule has 0 saturated carbocycles. The summed E-state index contributed by atoms with van der Waals surface area (Å²) in [6.45, 7) is 5.78. The second kappa shape index (κ2) is 5.19. The third kappa shape index (κ3) is 2.44. The summed E-state index contributed by atoms with van der Waals surface area (Å²) in [6.07, 6.45) is 0. The van der Waals surface area contributed by atoms with Crippen molar-refractivity contribution in [2.24, 2.45) is 0 Å². The first-order chi connectivity index (χ1) is 9.97. The number of imidazole rings is 1. The lowest BCUT2D eigenvalue weighted by molar-refractivity contribution is 0.427. The van der Waals surface area contributed by atoms with Crippen molar-refractivity contribution >= 4 is 22.6 Å². The predicted molar refractivity (Wildman–Crippen MR) is 81.2 cm³/mol. The first-order valence-electron chi connectivity index (χ1n) is 6.85. The molecule has 0 fully saturated rings. The molecule has 3 rings (SSSR count). The van der Waals surface area contributed by atoms with E-state index in [2.05, 4.69) is 4.98 Å². The molecule has 0 N–H and O–H groups in total. The zero-order valence-electron chi connectivity index (χ0n) is 12.1. The van der Waals surface area contributed by atoms with Crippen LogP contribution in [0.2, 0.25) is 0 Å². The van der Waals surface area contributed by atoms with Gasteiger partial charge in [-0.3, -0.25) is 0 Å². The minimum atomic E-state index is -0.303. The second-order valence-electron chi connectivity index (χ2n) is 5.21. The van der Waals surface area contributed by atoms with Gasteiger partial charge in [-0.25, -0.2) is 9.37 Å². The van der Waals surface area contributed by atoms with Crippen LogP contribution in [0.25, 0.3) is 11.0 Å². The molecule has 0 amide bonds. The smallest absolute Gasteiger partial charge is 0.128 e. The van der Waals surface area contributed by atoms with Crippen LogP contribution < -0.4 is 0 Å². The highest BCUT2D eigenvalue weighted by Gasteiger charge is 2.22. The van der Waals surface area contributed by atoms with Crippen LogP contribution in [0.15, 0.2) is 34.7 Å². The minimum absolute atomic E-state index is 0.0645. The summed E-state index contributed by atoms with van der Waals surface area (Å²) < 4.78 is 21.1. The average Bonchev–Trinajstić information content (AvgIpc) is 3.01. The molecule has 0 spiro atoms. The zero-order valence-corrected chi connectivity index (χ0v) is 12.9. The van der Waals surface area contributed by atoms with Crippen molar-refractivity contribution in [3.8, 4) is 0 Å². The van der Waals surface area contributed by atoms with E-state index in [1.165, 1.54) is 12.1 Å². The van der Waals surface area contributed by atoms with E-state index in [-0.39, 0.29) is 17.2 Å². The van der Waals surface area contributed by atoms with Gasteiger partial charge in [0.05, 0.1) is 22.5 Å². The highest BCUT2D eigenvalue weighted by Crippen LogP contribution is 2.31. The number of nitrogens with zero attached hydrogens (tertiary/aromatic N) is 2. The Morgan fingerprint density at radius 2 is 2.00 bits per heavy atom. The van der Waals surface area contributed by atoms with Crippen LogP contribution in [-0.2, 0) is 0 Å². The number of furan rings is 1. The fourth-order valence-corrected chi connectivity index (χ4v) is 2.74. The number of aromatic nitrogens is 2. The maximum Gasteiger partial charge on any atom is 0.128 e. The van der Waals surface area contributed by atoms with E-state index in [9.17, 15) is 4.39 Å². The van der Waals surface area contributed by atoms with Gasteiger partial charge < -0.3 is 8.98 Å². The predicted octanol–water partition coefficient (Wildman–Crippen LogP) is 4.99. The Balaban J connectivity index is 2.21. The molecule has 0 aliphatic carbocycles. The molecular formula is C16H16ClFN2O. The van der Waals surface area contributed by atoms with E-state index < -0.39 is 0 Å². The largest absolute Gasteiger partial charge is 0.464 e. The Hall–Kier alpha value is -1.81. The number of aryl methyl sites for hydroxylation is 1. The monoisotopic (exact) mass is 306 g/mol. The zero-order chi connectivity index (χ0) is 15.1. The number of halogens is 2. The molecule has 21 heavy (non-hydrogen) atoms. The standard InChI is InChI=1S/C16H16ClFN2O/c1-9-4-7-15(21-9)11(3)20-14-6-5-12(18)8-13(14)19-16(20)10(2)17/h4-8,10-11H,1-3H3. The Bertz CT molecular complexity index is 791. The summed E-state index contributed by atoms with van der Waals surface area (Å²) in [4.78, 5) is 4.48. The molecule has 2 aromatic heterocycles. The van der Waals surface area contributed by atoms with E-state index in [1.54, 1.807) is 6.07 Å². The Labute approximate surface area is 127 Å². The van der Waals surface area contributed by atoms with Gasteiger partial charge in [0.15, 0.2) is 0 Å². The maximum atomic E-state index is 13.4. The number of rotatable bonds is 3. The first-order valence-corrected chi connectivity index (χ1v) is 7.29. The normalized spacial score (nSPS) is 14.5. The lowest BCUT2D eigenvalue weighted by atomic mass is 10.2. The van der Waals surface area contributed by atoms with E-state index in [0.29, 0.717) is 11.3 Å². The van der Waals surface area contributed by atoms with Gasteiger partial charge in [0.1, 0.15) is 23.2 Å². The van der Waals surface area contributed by atoms with Gasteiger partial charge in [0.2, 0.25) is 0 Å². The highest BCUT2D eigenvalue weighted by atomic mass is 35.5. The van der Waals surface area contributed by atoms with Crippen LogP contribution in [0.1, 0.15) is 42.6 Å². The number of fused-ring (bicyclic) bond motifs is 1. The average molecular weight is 307 g/mol. The third-order valence-electron chi connectivity index (χ3n) is 3.59. The van der Waals surface area contributed by atoms with Crippen LogP contribution in [0, 0.1) is 12.7 Å². The molecule has 0 saturated heterocycles. The van der Waals surface area contributed by atoms with Crippen LogP contribution in [-0.4, -0.2) is 9.55 Å². The molecule has 0 aliphatic rings. The molecule has 110 valence electrons. The fourth-order valence-electron chi connectivity index (χ4n) is 2.58. The molecule has 1 aromatic carbocycles. The quantitative estimate of drug-likeness (QED) is 0.639. The van der Waals surface area contributed by atoms with Crippen molar-refractivity contribution in [3.05, 3.63) is 53.5 Å². The molecular weight excluding hydrogens is 291 g/mol. The summed E-state index contributed by atoms with van der Waals surface area (Å²) in [5.41, 5.74) is 1.45. The van der Waals surface area contributed by atoms with Gasteiger partial charge in [0.25, 0.3) is 0 Å². The summed E-state index contributed by atoms with van der Waals surface area (Å²) in [7, 11) is 0. The molecule has 5 heteroatoms. The Kier molecular flexibility index (Phi) is 3.49. The van der Waals surface area contributed by atoms with Gasteiger partial charge in [0, 0.05) is 6.07 Å². The SMILES string of the molecule is Cc1ccc(C(C)n2c(C(C)Cl)nc3cc(F)ccc32)o1.